The first-order valence-electron chi connectivity index (χ1n) is 7.27. The Hall–Kier alpha value is -0.570. The fraction of sp³-hybridized carbons (Fsp3) is 0.933. The minimum absolute atomic E-state index is 0.0413. The molecule has 0 spiro atoms. The molecule has 0 bridgehead atoms. The predicted molar refractivity (Wildman–Crippen MR) is 76.9 cm³/mol. The normalized spacial score (nSPS) is 13.9. The maximum Gasteiger partial charge on any atom is 0.304 e. The highest BCUT2D eigenvalue weighted by molar-refractivity contribution is 5.66. The molecular formula is C15H31NO2. The summed E-state index contributed by atoms with van der Waals surface area (Å²) in [5.41, 5.74) is 0.0413. The molecule has 0 heterocycles. The summed E-state index contributed by atoms with van der Waals surface area (Å²) in [6.07, 6.45) is 6.49. The summed E-state index contributed by atoms with van der Waals surface area (Å²) in [6.45, 7) is 11.6. The van der Waals surface area contributed by atoms with Gasteiger partial charge in [0.15, 0.2) is 0 Å². The van der Waals surface area contributed by atoms with Crippen molar-refractivity contribution in [1.29, 1.82) is 0 Å². The van der Waals surface area contributed by atoms with Crippen LogP contribution >= 0.6 is 0 Å². The third-order valence-electron chi connectivity index (χ3n) is 3.44. The van der Waals surface area contributed by atoms with E-state index in [-0.39, 0.29) is 12.0 Å². The Morgan fingerprint density at radius 1 is 1.22 bits per heavy atom. The molecule has 108 valence electrons. The molecule has 0 aromatic heterocycles. The van der Waals surface area contributed by atoms with E-state index >= 15 is 0 Å². The Bertz CT molecular complexity index is 233. The van der Waals surface area contributed by atoms with E-state index in [4.69, 9.17) is 5.11 Å². The van der Waals surface area contributed by atoms with Crippen LogP contribution in [0.2, 0.25) is 0 Å². The summed E-state index contributed by atoms with van der Waals surface area (Å²) in [5, 5.41) is 8.83. The Kier molecular flexibility index (Phi) is 8.25. The molecule has 0 radical (unpaired) electrons. The van der Waals surface area contributed by atoms with Gasteiger partial charge in [-0.3, -0.25) is 9.69 Å². The number of hydrogen-bond donors (Lipinski definition) is 1. The third-order valence-corrected chi connectivity index (χ3v) is 3.44. The van der Waals surface area contributed by atoms with Crippen LogP contribution in [-0.4, -0.2) is 34.1 Å². The number of carboxylic acids is 1. The molecule has 18 heavy (non-hydrogen) atoms. The van der Waals surface area contributed by atoms with Crippen molar-refractivity contribution >= 4 is 5.97 Å². The molecule has 0 aliphatic rings. The van der Waals surface area contributed by atoms with Crippen LogP contribution in [0.1, 0.15) is 73.1 Å². The molecule has 0 saturated heterocycles. The molecule has 0 saturated carbocycles. The van der Waals surface area contributed by atoms with E-state index in [0.717, 1.165) is 6.42 Å². The first-order valence-corrected chi connectivity index (χ1v) is 7.27. The molecule has 0 aromatic rings. The summed E-state index contributed by atoms with van der Waals surface area (Å²) in [7, 11) is 0. The molecule has 0 fully saturated rings. The highest BCUT2D eigenvalue weighted by Crippen LogP contribution is 2.21. The minimum Gasteiger partial charge on any atom is -0.481 e. The summed E-state index contributed by atoms with van der Waals surface area (Å²) < 4.78 is 0. The van der Waals surface area contributed by atoms with Crippen LogP contribution in [0.4, 0.5) is 0 Å². The molecule has 0 aliphatic heterocycles. The van der Waals surface area contributed by atoms with E-state index in [1.54, 1.807) is 0 Å². The quantitative estimate of drug-likeness (QED) is 0.636. The first-order chi connectivity index (χ1) is 8.29. The standard InChI is InChI=1S/C15H31NO2/c1-6-7-8-9-10-13(2)16(15(3,4)5)12-11-14(17)18/h13H,6-12H2,1-5H3,(H,17,18). The largest absolute Gasteiger partial charge is 0.481 e. The van der Waals surface area contributed by atoms with Crippen molar-refractivity contribution in [2.45, 2.75) is 84.7 Å². The number of rotatable bonds is 9. The van der Waals surface area contributed by atoms with E-state index in [2.05, 4.69) is 39.5 Å². The predicted octanol–water partition coefficient (Wildman–Crippen LogP) is 3.92. The molecule has 3 heteroatoms. The minimum atomic E-state index is -0.706. The van der Waals surface area contributed by atoms with Gasteiger partial charge in [0.1, 0.15) is 0 Å². The highest BCUT2D eigenvalue weighted by Gasteiger charge is 2.26. The van der Waals surface area contributed by atoms with Gasteiger partial charge < -0.3 is 5.11 Å². The van der Waals surface area contributed by atoms with Gasteiger partial charge in [-0.25, -0.2) is 0 Å². The maximum absolute atomic E-state index is 10.7. The Morgan fingerprint density at radius 2 is 1.83 bits per heavy atom. The number of aliphatic carboxylic acids is 1. The molecule has 3 nitrogen and oxygen atoms in total. The van der Waals surface area contributed by atoms with Crippen LogP contribution in [0.25, 0.3) is 0 Å². The van der Waals surface area contributed by atoms with Crippen LogP contribution in [0, 0.1) is 0 Å². The van der Waals surface area contributed by atoms with Crippen LogP contribution in [0.3, 0.4) is 0 Å². The second-order valence-corrected chi connectivity index (χ2v) is 6.21. The Labute approximate surface area is 113 Å². The molecule has 0 rings (SSSR count). The fourth-order valence-electron chi connectivity index (χ4n) is 2.46. The molecule has 1 unspecified atom stereocenters. The lowest BCUT2D eigenvalue weighted by atomic mass is 9.99. The monoisotopic (exact) mass is 257 g/mol. The van der Waals surface area contributed by atoms with Gasteiger partial charge in [0.25, 0.3) is 0 Å². The van der Waals surface area contributed by atoms with E-state index in [0.29, 0.717) is 12.6 Å². The number of unbranched alkanes of at least 4 members (excludes halogenated alkanes) is 3. The summed E-state index contributed by atoms with van der Waals surface area (Å²) in [4.78, 5) is 13.1. The van der Waals surface area contributed by atoms with Gasteiger partial charge in [0, 0.05) is 18.1 Å². The molecule has 0 aliphatic carbocycles. The number of hydrogen-bond acceptors (Lipinski definition) is 2. The lowest BCUT2D eigenvalue weighted by Gasteiger charge is -2.40. The summed E-state index contributed by atoms with van der Waals surface area (Å²) in [6, 6.07) is 0.459. The smallest absolute Gasteiger partial charge is 0.304 e. The van der Waals surface area contributed by atoms with Crippen molar-refractivity contribution in [1.82, 2.24) is 4.90 Å². The molecule has 0 aromatic carbocycles. The zero-order valence-electron chi connectivity index (χ0n) is 12.8. The van der Waals surface area contributed by atoms with Gasteiger partial charge in [0.05, 0.1) is 6.42 Å². The van der Waals surface area contributed by atoms with Crippen LogP contribution in [-0.2, 0) is 4.79 Å². The average molecular weight is 257 g/mol. The van der Waals surface area contributed by atoms with Crippen LogP contribution < -0.4 is 0 Å². The second kappa shape index (κ2) is 8.52. The SMILES string of the molecule is CCCCCCC(C)N(CCC(=O)O)C(C)(C)C. The Balaban J connectivity index is 4.23. The van der Waals surface area contributed by atoms with Crippen molar-refractivity contribution in [3.8, 4) is 0 Å². The van der Waals surface area contributed by atoms with Crippen LogP contribution in [0.5, 0.6) is 0 Å². The van der Waals surface area contributed by atoms with Crippen molar-refractivity contribution in [3.63, 3.8) is 0 Å². The maximum atomic E-state index is 10.7. The molecule has 1 N–H and O–H groups in total. The molecule has 0 amide bonds. The van der Waals surface area contributed by atoms with Gasteiger partial charge in [-0.05, 0) is 34.1 Å². The van der Waals surface area contributed by atoms with Crippen molar-refractivity contribution < 1.29 is 9.90 Å². The summed E-state index contributed by atoms with van der Waals surface area (Å²) in [5.74, 6) is -0.706. The zero-order chi connectivity index (χ0) is 14.2. The Morgan fingerprint density at radius 3 is 2.28 bits per heavy atom. The van der Waals surface area contributed by atoms with Gasteiger partial charge in [-0.15, -0.1) is 0 Å². The van der Waals surface area contributed by atoms with Gasteiger partial charge in [-0.2, -0.15) is 0 Å². The van der Waals surface area contributed by atoms with Gasteiger partial charge in [0.2, 0.25) is 0 Å². The lowest BCUT2D eigenvalue weighted by Crippen LogP contribution is -2.47. The van der Waals surface area contributed by atoms with E-state index in [9.17, 15) is 4.79 Å². The van der Waals surface area contributed by atoms with Crippen LogP contribution in [0.15, 0.2) is 0 Å². The number of carbonyl (C=O) groups is 1. The van der Waals surface area contributed by atoms with Gasteiger partial charge >= 0.3 is 5.97 Å². The summed E-state index contributed by atoms with van der Waals surface area (Å²) >= 11 is 0. The van der Waals surface area contributed by atoms with E-state index in [1.807, 2.05) is 0 Å². The highest BCUT2D eigenvalue weighted by atomic mass is 16.4. The number of nitrogens with zero attached hydrogens (tertiary/aromatic N) is 1. The van der Waals surface area contributed by atoms with Crippen molar-refractivity contribution in [2.75, 3.05) is 6.54 Å². The molecule has 1 atom stereocenters. The lowest BCUT2D eigenvalue weighted by molar-refractivity contribution is -0.137. The van der Waals surface area contributed by atoms with Crippen molar-refractivity contribution in [2.24, 2.45) is 0 Å². The number of carboxylic acid groups (broad SMARTS) is 1. The van der Waals surface area contributed by atoms with Crippen molar-refractivity contribution in [3.05, 3.63) is 0 Å². The zero-order valence-corrected chi connectivity index (χ0v) is 12.8. The van der Waals surface area contributed by atoms with Gasteiger partial charge in [-0.1, -0.05) is 32.6 Å². The van der Waals surface area contributed by atoms with E-state index < -0.39 is 5.97 Å². The average Bonchev–Trinajstić information content (AvgIpc) is 2.22. The topological polar surface area (TPSA) is 40.5 Å². The fourth-order valence-corrected chi connectivity index (χ4v) is 2.46. The molecular weight excluding hydrogens is 226 g/mol. The second-order valence-electron chi connectivity index (χ2n) is 6.21. The first kappa shape index (κ1) is 17.4. The third kappa shape index (κ3) is 7.70. The van der Waals surface area contributed by atoms with E-state index in [1.165, 1.54) is 25.7 Å².